The first-order chi connectivity index (χ1) is 13.0. The highest BCUT2D eigenvalue weighted by Crippen LogP contribution is 2.37. The zero-order chi connectivity index (χ0) is 19.6. The van der Waals surface area contributed by atoms with Crippen LogP contribution in [0.1, 0.15) is 50.4 Å². The molecule has 2 heterocycles. The summed E-state index contributed by atoms with van der Waals surface area (Å²) in [5.41, 5.74) is 7.44. The Balaban J connectivity index is 1.83. The molecule has 1 unspecified atom stereocenters. The molecule has 1 aromatic carbocycles. The zero-order valence-electron chi connectivity index (χ0n) is 15.5. The number of primary amides is 1. The molecule has 27 heavy (non-hydrogen) atoms. The van der Waals surface area contributed by atoms with Crippen molar-refractivity contribution in [3.05, 3.63) is 39.8 Å². The van der Waals surface area contributed by atoms with Gasteiger partial charge in [0.15, 0.2) is 11.5 Å². The van der Waals surface area contributed by atoms with Gasteiger partial charge in [-0.2, -0.15) is 0 Å². The van der Waals surface area contributed by atoms with E-state index >= 15 is 0 Å². The minimum atomic E-state index is -0.557. The number of rotatable bonds is 7. The lowest BCUT2D eigenvalue weighted by molar-refractivity contribution is 0.0601. The summed E-state index contributed by atoms with van der Waals surface area (Å²) in [6, 6.07) is 5.90. The van der Waals surface area contributed by atoms with Crippen LogP contribution in [-0.4, -0.2) is 32.3 Å². The van der Waals surface area contributed by atoms with E-state index in [2.05, 4.69) is 12.2 Å². The summed E-state index contributed by atoms with van der Waals surface area (Å²) in [7, 11) is 1.31. The second kappa shape index (κ2) is 7.87. The van der Waals surface area contributed by atoms with Crippen LogP contribution >= 0.6 is 11.3 Å². The molecule has 0 bridgehead atoms. The number of hydrogen-bond acceptors (Lipinski definition) is 7. The van der Waals surface area contributed by atoms with E-state index in [0.717, 1.165) is 23.5 Å². The third-order valence-corrected chi connectivity index (χ3v) is 5.89. The Morgan fingerprint density at radius 2 is 2.07 bits per heavy atom. The van der Waals surface area contributed by atoms with E-state index in [0.29, 0.717) is 27.5 Å². The van der Waals surface area contributed by atoms with Crippen molar-refractivity contribution in [3.8, 4) is 11.5 Å². The number of nitrogens with one attached hydrogen (secondary N) is 1. The van der Waals surface area contributed by atoms with E-state index in [-0.39, 0.29) is 12.7 Å². The Kier molecular flexibility index (Phi) is 5.55. The maximum absolute atomic E-state index is 12.2. The van der Waals surface area contributed by atoms with Crippen LogP contribution in [0.15, 0.2) is 18.2 Å². The highest BCUT2D eigenvalue weighted by atomic mass is 32.1. The van der Waals surface area contributed by atoms with E-state index in [1.165, 1.54) is 18.4 Å². The molecule has 0 saturated carbocycles. The molecule has 144 valence electrons. The number of carbonyl (C=O) groups is 2. The van der Waals surface area contributed by atoms with E-state index in [9.17, 15) is 9.59 Å². The smallest absolute Gasteiger partial charge is 0.341 e. The molecule has 0 radical (unpaired) electrons. The van der Waals surface area contributed by atoms with Crippen LogP contribution in [0.4, 0.5) is 5.00 Å². The fraction of sp³-hybridized carbons (Fsp3) is 0.368. The van der Waals surface area contributed by atoms with Crippen LogP contribution < -0.4 is 20.5 Å². The molecule has 1 atom stereocenters. The first-order valence-corrected chi connectivity index (χ1v) is 9.42. The summed E-state index contributed by atoms with van der Waals surface area (Å²) in [5, 5.41) is 3.89. The van der Waals surface area contributed by atoms with Gasteiger partial charge in [-0.15, -0.1) is 11.3 Å². The van der Waals surface area contributed by atoms with Gasteiger partial charge in [-0.1, -0.05) is 13.0 Å². The lowest BCUT2D eigenvalue weighted by atomic mass is 9.96. The standard InChI is InChI=1S/C19H22N2O5S/c1-4-11(12-5-6-13-14(7-12)26-9-25-13)8-21-18-15(19(23)24-3)10(2)16(27-18)17(20)22/h5-7,11,21H,4,8-9H2,1-3H3,(H2,20,22). The average molecular weight is 390 g/mol. The molecule has 2 aromatic rings. The molecule has 0 fully saturated rings. The van der Waals surface area contributed by atoms with Crippen LogP contribution in [0.3, 0.4) is 0 Å². The molecule has 1 aliphatic heterocycles. The van der Waals surface area contributed by atoms with Gasteiger partial charge in [0.2, 0.25) is 6.79 Å². The van der Waals surface area contributed by atoms with E-state index in [1.54, 1.807) is 6.92 Å². The predicted octanol–water partition coefficient (Wildman–Crippen LogP) is 3.28. The number of benzene rings is 1. The second-order valence-corrected chi connectivity index (χ2v) is 7.24. The van der Waals surface area contributed by atoms with Crippen molar-refractivity contribution in [2.45, 2.75) is 26.2 Å². The fourth-order valence-corrected chi connectivity index (χ4v) is 4.16. The first-order valence-electron chi connectivity index (χ1n) is 8.61. The quantitative estimate of drug-likeness (QED) is 0.704. The van der Waals surface area contributed by atoms with E-state index in [1.807, 2.05) is 18.2 Å². The predicted molar refractivity (Wildman–Crippen MR) is 103 cm³/mol. The molecule has 0 aliphatic carbocycles. The normalized spacial score (nSPS) is 13.3. The number of hydrogen-bond donors (Lipinski definition) is 2. The lowest BCUT2D eigenvalue weighted by Gasteiger charge is -2.17. The highest BCUT2D eigenvalue weighted by Gasteiger charge is 2.25. The number of nitrogens with two attached hydrogens (primary N) is 1. The summed E-state index contributed by atoms with van der Waals surface area (Å²) in [4.78, 5) is 24.2. The fourth-order valence-electron chi connectivity index (χ4n) is 3.10. The minimum absolute atomic E-state index is 0.185. The van der Waals surface area contributed by atoms with Crippen molar-refractivity contribution in [2.75, 3.05) is 25.8 Å². The molecule has 1 aromatic heterocycles. The molecule has 0 spiro atoms. The Morgan fingerprint density at radius 1 is 1.33 bits per heavy atom. The Morgan fingerprint density at radius 3 is 2.74 bits per heavy atom. The van der Waals surface area contributed by atoms with E-state index < -0.39 is 11.9 Å². The van der Waals surface area contributed by atoms with Gasteiger partial charge in [0.1, 0.15) is 5.00 Å². The van der Waals surface area contributed by atoms with Gasteiger partial charge in [0.25, 0.3) is 5.91 Å². The number of anilines is 1. The third kappa shape index (κ3) is 3.71. The molecule has 3 N–H and O–H groups in total. The summed E-state index contributed by atoms with van der Waals surface area (Å²) >= 11 is 1.17. The van der Waals surface area contributed by atoms with Crippen LogP contribution in [0.2, 0.25) is 0 Å². The molecule has 3 rings (SSSR count). The van der Waals surface area contributed by atoms with E-state index in [4.69, 9.17) is 19.9 Å². The van der Waals surface area contributed by atoms with Gasteiger partial charge >= 0.3 is 5.97 Å². The number of amides is 1. The van der Waals surface area contributed by atoms with Crippen molar-refractivity contribution < 1.29 is 23.8 Å². The molecular weight excluding hydrogens is 368 g/mol. The van der Waals surface area contributed by atoms with Gasteiger partial charge in [0, 0.05) is 12.5 Å². The summed E-state index contributed by atoms with van der Waals surface area (Å²) in [5.74, 6) is 0.622. The molecule has 1 aliphatic rings. The van der Waals surface area contributed by atoms with Crippen molar-refractivity contribution in [1.82, 2.24) is 0 Å². The average Bonchev–Trinajstić information content (AvgIpc) is 3.25. The van der Waals surface area contributed by atoms with Crippen LogP contribution in [0, 0.1) is 6.92 Å². The van der Waals surface area contributed by atoms with Gasteiger partial charge in [-0.05, 0) is 36.6 Å². The summed E-state index contributed by atoms with van der Waals surface area (Å²) in [6.07, 6.45) is 0.882. The highest BCUT2D eigenvalue weighted by molar-refractivity contribution is 7.18. The SMILES string of the molecule is CCC(CNc1sc(C(N)=O)c(C)c1C(=O)OC)c1ccc2c(c1)OCO2. The van der Waals surface area contributed by atoms with Crippen molar-refractivity contribution in [2.24, 2.45) is 5.73 Å². The summed E-state index contributed by atoms with van der Waals surface area (Å²) < 4.78 is 15.7. The number of ether oxygens (including phenoxy) is 3. The van der Waals surface area contributed by atoms with Crippen LogP contribution in [0.25, 0.3) is 0 Å². The largest absolute Gasteiger partial charge is 0.465 e. The number of thiophene rings is 1. The number of carbonyl (C=O) groups excluding carboxylic acids is 2. The maximum atomic E-state index is 12.2. The molecular formula is C19H22N2O5S. The Bertz CT molecular complexity index is 877. The summed E-state index contributed by atoms with van der Waals surface area (Å²) in [6.45, 7) is 4.61. The minimum Gasteiger partial charge on any atom is -0.465 e. The van der Waals surface area contributed by atoms with Gasteiger partial charge in [0.05, 0.1) is 17.6 Å². The number of fused-ring (bicyclic) bond motifs is 1. The molecule has 7 nitrogen and oxygen atoms in total. The number of methoxy groups -OCH3 is 1. The Labute approximate surface area is 161 Å². The van der Waals surface area contributed by atoms with Crippen LogP contribution in [-0.2, 0) is 4.74 Å². The van der Waals surface area contributed by atoms with Crippen LogP contribution in [0.5, 0.6) is 11.5 Å². The maximum Gasteiger partial charge on any atom is 0.341 e. The molecule has 0 saturated heterocycles. The van der Waals surface area contributed by atoms with Crippen molar-refractivity contribution in [1.29, 1.82) is 0 Å². The topological polar surface area (TPSA) is 99.9 Å². The monoisotopic (exact) mass is 390 g/mol. The lowest BCUT2D eigenvalue weighted by Crippen LogP contribution is -2.14. The Hall–Kier alpha value is -2.74. The van der Waals surface area contributed by atoms with Crippen molar-refractivity contribution in [3.63, 3.8) is 0 Å². The second-order valence-electron chi connectivity index (χ2n) is 6.21. The molecule has 1 amide bonds. The number of esters is 1. The molecule has 8 heteroatoms. The third-order valence-electron chi connectivity index (χ3n) is 4.63. The van der Waals surface area contributed by atoms with Crippen molar-refractivity contribution >= 4 is 28.2 Å². The van der Waals surface area contributed by atoms with Gasteiger partial charge in [-0.25, -0.2) is 4.79 Å². The first kappa shape index (κ1) is 19.0. The van der Waals surface area contributed by atoms with Gasteiger partial charge in [-0.3, -0.25) is 4.79 Å². The van der Waals surface area contributed by atoms with Gasteiger partial charge < -0.3 is 25.3 Å². The zero-order valence-corrected chi connectivity index (χ0v) is 16.3.